The second-order valence-electron chi connectivity index (χ2n) is 5.14. The summed E-state index contributed by atoms with van der Waals surface area (Å²) in [7, 11) is 0. The molecule has 1 atom stereocenters. The fraction of sp³-hybridized carbons (Fsp3) is 0.562. The second kappa shape index (κ2) is 7.82. The molecular weight excluding hydrogens is 238 g/mol. The van der Waals surface area contributed by atoms with Crippen molar-refractivity contribution < 1.29 is 9.53 Å². The summed E-state index contributed by atoms with van der Waals surface area (Å²) < 4.78 is 5.42. The third kappa shape index (κ3) is 5.33. The van der Waals surface area contributed by atoms with Gasteiger partial charge in [0, 0.05) is 5.69 Å². The van der Waals surface area contributed by atoms with Gasteiger partial charge in [-0.1, -0.05) is 32.3 Å². The van der Waals surface area contributed by atoms with Crippen molar-refractivity contribution in [3.05, 3.63) is 29.3 Å². The standard InChI is InChI=1S/C16H25NO2/c1-4-5-6-7-8-13(3)19-16(18)14-10-9-12(2)15(17)11-14/h9-11,13H,4-8,17H2,1-3H3. The van der Waals surface area contributed by atoms with Gasteiger partial charge in [-0.2, -0.15) is 0 Å². The summed E-state index contributed by atoms with van der Waals surface area (Å²) in [6.45, 7) is 6.05. The summed E-state index contributed by atoms with van der Waals surface area (Å²) in [5, 5.41) is 0. The minimum Gasteiger partial charge on any atom is -0.459 e. The molecule has 106 valence electrons. The zero-order valence-electron chi connectivity index (χ0n) is 12.2. The second-order valence-corrected chi connectivity index (χ2v) is 5.14. The Kier molecular flexibility index (Phi) is 6.40. The molecule has 0 amide bonds. The molecule has 0 aromatic heterocycles. The van der Waals surface area contributed by atoms with E-state index in [9.17, 15) is 4.79 Å². The van der Waals surface area contributed by atoms with Crippen LogP contribution in [0, 0.1) is 6.92 Å². The van der Waals surface area contributed by atoms with Gasteiger partial charge in [0.05, 0.1) is 11.7 Å². The molecule has 0 radical (unpaired) electrons. The Hall–Kier alpha value is -1.51. The summed E-state index contributed by atoms with van der Waals surface area (Å²) in [6.07, 6.45) is 5.67. The molecule has 0 heterocycles. The summed E-state index contributed by atoms with van der Waals surface area (Å²) in [5.74, 6) is -0.283. The maximum atomic E-state index is 11.9. The lowest BCUT2D eigenvalue weighted by atomic mass is 10.1. The molecule has 1 unspecified atom stereocenters. The van der Waals surface area contributed by atoms with Crippen LogP contribution < -0.4 is 5.73 Å². The van der Waals surface area contributed by atoms with Crippen molar-refractivity contribution in [3.63, 3.8) is 0 Å². The van der Waals surface area contributed by atoms with Gasteiger partial charge in [-0.3, -0.25) is 0 Å². The molecule has 0 bridgehead atoms. The zero-order chi connectivity index (χ0) is 14.3. The van der Waals surface area contributed by atoms with E-state index in [4.69, 9.17) is 10.5 Å². The maximum Gasteiger partial charge on any atom is 0.338 e. The lowest BCUT2D eigenvalue weighted by Crippen LogP contribution is -2.15. The minimum atomic E-state index is -0.283. The molecule has 0 fully saturated rings. The number of anilines is 1. The Bertz CT molecular complexity index is 415. The Morgan fingerprint density at radius 2 is 2.05 bits per heavy atom. The molecule has 0 aliphatic carbocycles. The Morgan fingerprint density at radius 1 is 1.32 bits per heavy atom. The zero-order valence-corrected chi connectivity index (χ0v) is 12.2. The number of hydrogen-bond acceptors (Lipinski definition) is 3. The van der Waals surface area contributed by atoms with Gasteiger partial charge in [0.1, 0.15) is 0 Å². The lowest BCUT2D eigenvalue weighted by Gasteiger charge is -2.13. The number of hydrogen-bond donors (Lipinski definition) is 1. The number of benzene rings is 1. The number of unbranched alkanes of at least 4 members (excludes halogenated alkanes) is 3. The first kappa shape index (κ1) is 15.5. The number of carbonyl (C=O) groups excluding carboxylic acids is 1. The van der Waals surface area contributed by atoms with E-state index in [1.54, 1.807) is 12.1 Å². The first-order valence-corrected chi connectivity index (χ1v) is 7.11. The molecule has 0 aliphatic rings. The predicted octanol–water partition coefficient (Wildman–Crippen LogP) is 4.09. The summed E-state index contributed by atoms with van der Waals surface area (Å²) in [6, 6.07) is 5.29. The molecule has 0 spiro atoms. The normalized spacial score (nSPS) is 12.2. The third-order valence-corrected chi connectivity index (χ3v) is 3.29. The summed E-state index contributed by atoms with van der Waals surface area (Å²) >= 11 is 0. The first-order chi connectivity index (χ1) is 9.04. The van der Waals surface area contributed by atoms with Crippen LogP contribution in [0.4, 0.5) is 5.69 Å². The molecule has 1 rings (SSSR count). The van der Waals surface area contributed by atoms with Crippen LogP contribution in [0.15, 0.2) is 18.2 Å². The number of ether oxygens (including phenoxy) is 1. The van der Waals surface area contributed by atoms with E-state index in [1.807, 2.05) is 19.9 Å². The fourth-order valence-electron chi connectivity index (χ4n) is 1.94. The van der Waals surface area contributed by atoms with Crippen molar-refractivity contribution >= 4 is 11.7 Å². The van der Waals surface area contributed by atoms with Crippen LogP contribution in [0.1, 0.15) is 61.9 Å². The smallest absolute Gasteiger partial charge is 0.338 e. The van der Waals surface area contributed by atoms with Crippen molar-refractivity contribution in [1.29, 1.82) is 0 Å². The average Bonchev–Trinajstić information content (AvgIpc) is 2.38. The maximum absolute atomic E-state index is 11.9. The molecule has 0 saturated heterocycles. The molecule has 1 aromatic carbocycles. The van der Waals surface area contributed by atoms with Crippen molar-refractivity contribution in [3.8, 4) is 0 Å². The molecule has 0 saturated carbocycles. The Balaban J connectivity index is 2.43. The van der Waals surface area contributed by atoms with Gasteiger partial charge in [0.25, 0.3) is 0 Å². The highest BCUT2D eigenvalue weighted by Crippen LogP contribution is 2.15. The number of esters is 1. The minimum absolute atomic E-state index is 0.0353. The van der Waals surface area contributed by atoms with E-state index in [2.05, 4.69) is 6.92 Å². The quantitative estimate of drug-likeness (QED) is 0.458. The number of carbonyl (C=O) groups is 1. The monoisotopic (exact) mass is 263 g/mol. The molecule has 3 heteroatoms. The fourth-order valence-corrected chi connectivity index (χ4v) is 1.94. The van der Waals surface area contributed by atoms with Gasteiger partial charge in [-0.25, -0.2) is 4.79 Å². The topological polar surface area (TPSA) is 52.3 Å². The van der Waals surface area contributed by atoms with Crippen LogP contribution >= 0.6 is 0 Å². The van der Waals surface area contributed by atoms with E-state index in [0.29, 0.717) is 11.3 Å². The molecular formula is C16H25NO2. The van der Waals surface area contributed by atoms with Gasteiger partial charge in [0.2, 0.25) is 0 Å². The lowest BCUT2D eigenvalue weighted by molar-refractivity contribution is 0.0319. The van der Waals surface area contributed by atoms with Gasteiger partial charge in [0.15, 0.2) is 0 Å². The largest absolute Gasteiger partial charge is 0.459 e. The number of nitrogens with two attached hydrogens (primary N) is 1. The van der Waals surface area contributed by atoms with E-state index < -0.39 is 0 Å². The van der Waals surface area contributed by atoms with Crippen LogP contribution in [-0.4, -0.2) is 12.1 Å². The van der Waals surface area contributed by atoms with E-state index in [-0.39, 0.29) is 12.1 Å². The van der Waals surface area contributed by atoms with Crippen molar-refractivity contribution in [2.75, 3.05) is 5.73 Å². The predicted molar refractivity (Wildman–Crippen MR) is 79.2 cm³/mol. The Labute approximate surface area is 116 Å². The van der Waals surface area contributed by atoms with Crippen LogP contribution in [0.5, 0.6) is 0 Å². The van der Waals surface area contributed by atoms with Crippen LogP contribution in [-0.2, 0) is 4.74 Å². The number of aryl methyl sites for hydroxylation is 1. The van der Waals surface area contributed by atoms with E-state index >= 15 is 0 Å². The SMILES string of the molecule is CCCCCCC(C)OC(=O)c1ccc(C)c(N)c1. The van der Waals surface area contributed by atoms with Crippen molar-refractivity contribution in [2.45, 2.75) is 59.0 Å². The third-order valence-electron chi connectivity index (χ3n) is 3.29. The van der Waals surface area contributed by atoms with Crippen molar-refractivity contribution in [2.24, 2.45) is 0 Å². The van der Waals surface area contributed by atoms with Gasteiger partial charge < -0.3 is 10.5 Å². The molecule has 19 heavy (non-hydrogen) atoms. The molecule has 2 N–H and O–H groups in total. The van der Waals surface area contributed by atoms with Crippen LogP contribution in [0.25, 0.3) is 0 Å². The van der Waals surface area contributed by atoms with Crippen molar-refractivity contribution in [1.82, 2.24) is 0 Å². The summed E-state index contributed by atoms with van der Waals surface area (Å²) in [5.41, 5.74) is 7.93. The number of nitrogen functional groups attached to an aromatic ring is 1. The molecule has 1 aromatic rings. The van der Waals surface area contributed by atoms with Gasteiger partial charge >= 0.3 is 5.97 Å². The van der Waals surface area contributed by atoms with Gasteiger partial charge in [-0.05, 0) is 44.4 Å². The highest BCUT2D eigenvalue weighted by molar-refractivity contribution is 5.90. The highest BCUT2D eigenvalue weighted by Gasteiger charge is 2.12. The Morgan fingerprint density at radius 3 is 2.68 bits per heavy atom. The van der Waals surface area contributed by atoms with Crippen LogP contribution in [0.3, 0.4) is 0 Å². The van der Waals surface area contributed by atoms with E-state index in [0.717, 1.165) is 18.4 Å². The summed E-state index contributed by atoms with van der Waals surface area (Å²) in [4.78, 5) is 11.9. The highest BCUT2D eigenvalue weighted by atomic mass is 16.5. The van der Waals surface area contributed by atoms with E-state index in [1.165, 1.54) is 19.3 Å². The number of rotatable bonds is 7. The molecule has 0 aliphatic heterocycles. The average molecular weight is 263 g/mol. The van der Waals surface area contributed by atoms with Crippen LogP contribution in [0.2, 0.25) is 0 Å². The van der Waals surface area contributed by atoms with Gasteiger partial charge in [-0.15, -0.1) is 0 Å². The first-order valence-electron chi connectivity index (χ1n) is 7.11. The molecule has 3 nitrogen and oxygen atoms in total.